The highest BCUT2D eigenvalue weighted by atomic mass is 79.9. The highest BCUT2D eigenvalue weighted by molar-refractivity contribution is 9.10. The second-order valence-corrected chi connectivity index (χ2v) is 2.14. The molecule has 1 nitrogen and oxygen atoms in total. The third-order valence-corrected chi connectivity index (χ3v) is 1.37. The molecule has 0 saturated heterocycles. The van der Waals surface area contributed by atoms with E-state index >= 15 is 0 Å². The Bertz CT molecular complexity index is 169. The normalized spacial score (nSPS) is 8.22. The van der Waals surface area contributed by atoms with E-state index in [9.17, 15) is 4.39 Å². The molecule has 1 aromatic heterocycles. The van der Waals surface area contributed by atoms with Crippen molar-refractivity contribution >= 4 is 15.9 Å². The first-order valence-electron chi connectivity index (χ1n) is 2.06. The van der Waals surface area contributed by atoms with Crippen molar-refractivity contribution < 1.29 is 4.39 Å². The molecule has 0 spiro atoms. The van der Waals surface area contributed by atoms with Crippen LogP contribution < -0.4 is 0 Å². The standard InChI is InChI=1S/C5H3BrFN.CH4/c6-4-1-2-8-3-5(4)7;/h1-3H;1H4. The predicted octanol–water partition coefficient (Wildman–Crippen LogP) is 2.62. The highest BCUT2D eigenvalue weighted by Gasteiger charge is 1.92. The quantitative estimate of drug-likeness (QED) is 0.615. The third-order valence-electron chi connectivity index (χ3n) is 0.723. The van der Waals surface area contributed by atoms with Gasteiger partial charge >= 0.3 is 0 Å². The van der Waals surface area contributed by atoms with Gasteiger partial charge in [0.2, 0.25) is 0 Å². The van der Waals surface area contributed by atoms with Gasteiger partial charge in [0.25, 0.3) is 0 Å². The van der Waals surface area contributed by atoms with E-state index in [1.165, 1.54) is 6.20 Å². The average molecular weight is 192 g/mol. The zero-order valence-corrected chi connectivity index (χ0v) is 5.52. The van der Waals surface area contributed by atoms with Gasteiger partial charge in [-0.2, -0.15) is 0 Å². The van der Waals surface area contributed by atoms with Crippen molar-refractivity contribution in [3.63, 3.8) is 0 Å². The fourth-order valence-corrected chi connectivity index (χ4v) is 0.579. The Balaban J connectivity index is 0.000000640. The maximum Gasteiger partial charge on any atom is 0.155 e. The van der Waals surface area contributed by atoms with E-state index in [-0.39, 0.29) is 13.2 Å². The van der Waals surface area contributed by atoms with Crippen LogP contribution in [0, 0.1) is 5.82 Å². The van der Waals surface area contributed by atoms with Gasteiger partial charge in [0, 0.05) is 6.20 Å². The second kappa shape index (κ2) is 3.56. The molecule has 0 atom stereocenters. The van der Waals surface area contributed by atoms with Gasteiger partial charge < -0.3 is 0 Å². The largest absolute Gasteiger partial charge is 0.262 e. The molecule has 0 fully saturated rings. The van der Waals surface area contributed by atoms with Gasteiger partial charge in [-0.15, -0.1) is 0 Å². The van der Waals surface area contributed by atoms with Gasteiger partial charge in [0.05, 0.1) is 10.7 Å². The lowest BCUT2D eigenvalue weighted by molar-refractivity contribution is 0.614. The summed E-state index contributed by atoms with van der Waals surface area (Å²) in [4.78, 5) is 3.54. The van der Waals surface area contributed by atoms with Crippen molar-refractivity contribution in [1.29, 1.82) is 0 Å². The van der Waals surface area contributed by atoms with Crippen LogP contribution in [0.2, 0.25) is 0 Å². The van der Waals surface area contributed by atoms with Crippen LogP contribution in [-0.2, 0) is 0 Å². The summed E-state index contributed by atoms with van der Waals surface area (Å²) in [5.74, 6) is -0.326. The molecule has 0 aromatic carbocycles. The molecule has 0 amide bonds. The van der Waals surface area contributed by atoms with E-state index in [1.807, 2.05) is 0 Å². The Morgan fingerprint density at radius 1 is 1.56 bits per heavy atom. The summed E-state index contributed by atoms with van der Waals surface area (Å²) in [7, 11) is 0. The topological polar surface area (TPSA) is 12.9 Å². The number of halogens is 2. The van der Waals surface area contributed by atoms with Crippen LogP contribution in [0.3, 0.4) is 0 Å². The molecule has 50 valence electrons. The first-order valence-corrected chi connectivity index (χ1v) is 2.85. The number of hydrogen-bond donors (Lipinski definition) is 0. The average Bonchev–Trinajstić information content (AvgIpc) is 1.77. The first-order chi connectivity index (χ1) is 3.80. The Morgan fingerprint density at radius 3 is 2.56 bits per heavy atom. The van der Waals surface area contributed by atoms with Gasteiger partial charge in [-0.3, -0.25) is 4.98 Å². The van der Waals surface area contributed by atoms with Crippen molar-refractivity contribution in [3.05, 3.63) is 28.7 Å². The molecule has 0 aliphatic heterocycles. The fourth-order valence-electron chi connectivity index (χ4n) is 0.358. The summed E-state index contributed by atoms with van der Waals surface area (Å²) < 4.78 is 12.7. The van der Waals surface area contributed by atoms with E-state index in [4.69, 9.17) is 0 Å². The smallest absolute Gasteiger partial charge is 0.155 e. The van der Waals surface area contributed by atoms with E-state index in [0.717, 1.165) is 6.20 Å². The molecule has 1 aromatic rings. The van der Waals surface area contributed by atoms with Gasteiger partial charge in [-0.05, 0) is 22.0 Å². The monoisotopic (exact) mass is 191 g/mol. The minimum absolute atomic E-state index is 0. The summed E-state index contributed by atoms with van der Waals surface area (Å²) in [6, 6.07) is 1.55. The molecule has 1 rings (SSSR count). The lowest BCUT2D eigenvalue weighted by Gasteiger charge is -1.86. The van der Waals surface area contributed by atoms with Crippen LogP contribution in [0.1, 0.15) is 7.43 Å². The van der Waals surface area contributed by atoms with E-state index < -0.39 is 0 Å². The van der Waals surface area contributed by atoms with Crippen LogP contribution in [0.25, 0.3) is 0 Å². The number of nitrogens with zero attached hydrogens (tertiary/aromatic N) is 1. The number of aromatic nitrogens is 1. The lowest BCUT2D eigenvalue weighted by Crippen LogP contribution is -1.75. The molecule has 1 heterocycles. The summed E-state index contributed by atoms with van der Waals surface area (Å²) in [6.07, 6.45) is 2.68. The molecule has 0 bridgehead atoms. The molecule has 0 aliphatic carbocycles. The first kappa shape index (κ1) is 8.56. The van der Waals surface area contributed by atoms with E-state index in [0.29, 0.717) is 4.47 Å². The summed E-state index contributed by atoms with van der Waals surface area (Å²) in [6.45, 7) is 0. The Morgan fingerprint density at radius 2 is 2.22 bits per heavy atom. The second-order valence-electron chi connectivity index (χ2n) is 1.29. The van der Waals surface area contributed by atoms with Crippen LogP contribution in [0.5, 0.6) is 0 Å². The van der Waals surface area contributed by atoms with Gasteiger partial charge in [0.1, 0.15) is 0 Å². The molecule has 0 saturated carbocycles. The van der Waals surface area contributed by atoms with Gasteiger partial charge in [-0.25, -0.2) is 4.39 Å². The van der Waals surface area contributed by atoms with Crippen molar-refractivity contribution in [3.8, 4) is 0 Å². The minimum Gasteiger partial charge on any atom is -0.262 e. The maximum absolute atomic E-state index is 12.2. The Kier molecular flexibility index (Phi) is 3.39. The van der Waals surface area contributed by atoms with Crippen LogP contribution in [0.15, 0.2) is 22.9 Å². The zero-order valence-electron chi connectivity index (χ0n) is 3.94. The van der Waals surface area contributed by atoms with E-state index in [1.54, 1.807) is 6.07 Å². The zero-order chi connectivity index (χ0) is 5.98. The maximum atomic E-state index is 12.2. The van der Waals surface area contributed by atoms with Crippen molar-refractivity contribution in [2.75, 3.05) is 0 Å². The molecular formula is C6H7BrFN. The van der Waals surface area contributed by atoms with Crippen molar-refractivity contribution in [2.24, 2.45) is 0 Å². The summed E-state index contributed by atoms with van der Waals surface area (Å²) in [5, 5.41) is 0. The van der Waals surface area contributed by atoms with Crippen LogP contribution in [0.4, 0.5) is 4.39 Å². The molecule has 3 heteroatoms. The van der Waals surface area contributed by atoms with Crippen LogP contribution >= 0.6 is 15.9 Å². The predicted molar refractivity (Wildman–Crippen MR) is 38.6 cm³/mol. The summed E-state index contributed by atoms with van der Waals surface area (Å²) >= 11 is 2.98. The number of rotatable bonds is 0. The SMILES string of the molecule is C.Fc1cnccc1Br. The molecule has 0 aliphatic rings. The highest BCUT2D eigenvalue weighted by Crippen LogP contribution is 2.10. The van der Waals surface area contributed by atoms with Crippen molar-refractivity contribution in [2.45, 2.75) is 7.43 Å². The Hall–Kier alpha value is -0.440. The molecular weight excluding hydrogens is 185 g/mol. The van der Waals surface area contributed by atoms with Gasteiger partial charge in [0.15, 0.2) is 5.82 Å². The lowest BCUT2D eigenvalue weighted by atomic mass is 10.5. The van der Waals surface area contributed by atoms with Gasteiger partial charge in [-0.1, -0.05) is 7.43 Å². The van der Waals surface area contributed by atoms with E-state index in [2.05, 4.69) is 20.9 Å². The molecule has 9 heavy (non-hydrogen) atoms. The van der Waals surface area contributed by atoms with Crippen LogP contribution in [-0.4, -0.2) is 4.98 Å². The fraction of sp³-hybridized carbons (Fsp3) is 0.167. The third kappa shape index (κ3) is 2.10. The minimum atomic E-state index is -0.326. The number of pyridine rings is 1. The number of hydrogen-bond acceptors (Lipinski definition) is 1. The Labute approximate surface area is 62.1 Å². The summed E-state index contributed by atoms with van der Waals surface area (Å²) in [5.41, 5.74) is 0. The molecule has 0 N–H and O–H groups in total. The molecule has 0 radical (unpaired) electrons. The van der Waals surface area contributed by atoms with Crippen molar-refractivity contribution in [1.82, 2.24) is 4.98 Å². The molecule has 0 unspecified atom stereocenters.